The number of aliphatic hydroxyl groups excluding tert-OH is 2. The Bertz CT molecular complexity index is 1190. The molecule has 0 aromatic heterocycles. The van der Waals surface area contributed by atoms with Crippen molar-refractivity contribution in [3.63, 3.8) is 0 Å². The van der Waals surface area contributed by atoms with Crippen LogP contribution in [0.1, 0.15) is 138 Å². The van der Waals surface area contributed by atoms with Crippen molar-refractivity contribution < 1.29 is 39.2 Å². The van der Waals surface area contributed by atoms with Gasteiger partial charge in [-0.2, -0.15) is 0 Å². The maximum atomic E-state index is 14.8. The number of unbranched alkanes of at least 4 members (excludes halogenated alkanes) is 10. The highest BCUT2D eigenvalue weighted by molar-refractivity contribution is 5.96. The van der Waals surface area contributed by atoms with Gasteiger partial charge in [-0.3, -0.25) is 14.4 Å². The van der Waals surface area contributed by atoms with Crippen LogP contribution in [0.15, 0.2) is 23.3 Å². The number of carbonyl (C=O) groups excluding carboxylic acids is 3. The second-order valence-corrected chi connectivity index (χ2v) is 15.3. The van der Waals surface area contributed by atoms with Crippen LogP contribution in [0.5, 0.6) is 0 Å². The minimum atomic E-state index is -2.22. The number of ketones is 1. The summed E-state index contributed by atoms with van der Waals surface area (Å²) in [5.41, 5.74) is -4.70. The molecule has 260 valence electrons. The average Bonchev–Trinajstić information content (AvgIpc) is 3.41. The molecule has 0 amide bonds. The molecule has 0 aliphatic heterocycles. The van der Waals surface area contributed by atoms with E-state index in [0.29, 0.717) is 24.8 Å². The molecule has 8 atom stereocenters. The summed E-state index contributed by atoms with van der Waals surface area (Å²) >= 11 is 0. The standard InChI is InChI=1S/C38H60O8/c1-7-9-11-12-13-14-15-16-18-20-30(41)46-37-23-26(4)36-22-25(3)34(45-29(40)19-17-10-8-2)38(36,44)32(42)27(24-39)21-28(33(36)43)31(37)35(37,5)6/h21-22,26,28,31-32,34,39,42,44H,7-20,23-24H2,1-6H3/t26-,28+,31-,32-,34+,36+,37+,38+/m1/s1. The Morgan fingerprint density at radius 3 is 2.07 bits per heavy atom. The lowest BCUT2D eigenvalue weighted by Crippen LogP contribution is -2.66. The molecule has 2 saturated carbocycles. The van der Waals surface area contributed by atoms with Crippen molar-refractivity contribution in [1.29, 1.82) is 0 Å². The molecule has 4 aliphatic carbocycles. The van der Waals surface area contributed by atoms with E-state index in [1.54, 1.807) is 19.1 Å². The van der Waals surface area contributed by atoms with Crippen molar-refractivity contribution in [2.75, 3.05) is 6.61 Å². The number of Topliss-reactive ketones (excluding diaryl/α,β-unsaturated/α-hetero) is 1. The van der Waals surface area contributed by atoms with Crippen LogP contribution in [0.25, 0.3) is 0 Å². The zero-order valence-corrected chi connectivity index (χ0v) is 29.2. The number of ether oxygens (including phenoxy) is 2. The molecular formula is C38H60O8. The molecule has 2 bridgehead atoms. The Hall–Kier alpha value is -2.03. The van der Waals surface area contributed by atoms with Gasteiger partial charge in [0.1, 0.15) is 11.7 Å². The lowest BCUT2D eigenvalue weighted by atomic mass is 9.59. The van der Waals surface area contributed by atoms with Crippen molar-refractivity contribution in [1.82, 2.24) is 0 Å². The quantitative estimate of drug-likeness (QED) is 0.0926. The first-order chi connectivity index (χ1) is 21.8. The van der Waals surface area contributed by atoms with Gasteiger partial charge < -0.3 is 24.8 Å². The van der Waals surface area contributed by atoms with Gasteiger partial charge in [-0.15, -0.1) is 0 Å². The molecule has 0 aromatic carbocycles. The van der Waals surface area contributed by atoms with Gasteiger partial charge in [0.05, 0.1) is 12.0 Å². The van der Waals surface area contributed by atoms with Gasteiger partial charge in [0.25, 0.3) is 0 Å². The normalized spacial score (nSPS) is 35.7. The van der Waals surface area contributed by atoms with E-state index in [1.165, 1.54) is 38.5 Å². The molecular weight excluding hydrogens is 584 g/mol. The summed E-state index contributed by atoms with van der Waals surface area (Å²) in [4.78, 5) is 41.2. The van der Waals surface area contributed by atoms with E-state index in [9.17, 15) is 29.7 Å². The van der Waals surface area contributed by atoms with Crippen LogP contribution < -0.4 is 0 Å². The second kappa shape index (κ2) is 14.6. The van der Waals surface area contributed by atoms with Crippen LogP contribution in [-0.2, 0) is 23.9 Å². The molecule has 2 fully saturated rings. The molecule has 8 heteroatoms. The van der Waals surface area contributed by atoms with Crippen LogP contribution in [0.3, 0.4) is 0 Å². The van der Waals surface area contributed by atoms with Gasteiger partial charge in [-0.05, 0) is 43.3 Å². The molecule has 3 N–H and O–H groups in total. The van der Waals surface area contributed by atoms with Crippen LogP contribution in [0.4, 0.5) is 0 Å². The first-order valence-corrected chi connectivity index (χ1v) is 18.2. The van der Waals surface area contributed by atoms with Crippen molar-refractivity contribution in [3.8, 4) is 0 Å². The molecule has 4 aliphatic rings. The lowest BCUT2D eigenvalue weighted by Gasteiger charge is -2.49. The Balaban J connectivity index is 1.57. The number of hydrogen-bond acceptors (Lipinski definition) is 8. The Labute approximate surface area is 276 Å². The van der Waals surface area contributed by atoms with E-state index in [2.05, 4.69) is 6.92 Å². The van der Waals surface area contributed by atoms with Gasteiger partial charge in [0.15, 0.2) is 17.5 Å². The van der Waals surface area contributed by atoms with Crippen LogP contribution >= 0.6 is 0 Å². The summed E-state index contributed by atoms with van der Waals surface area (Å²) in [5, 5.41) is 34.9. The van der Waals surface area contributed by atoms with E-state index >= 15 is 0 Å². The van der Waals surface area contributed by atoms with E-state index in [0.717, 1.165) is 32.1 Å². The van der Waals surface area contributed by atoms with Crippen LogP contribution in [-0.4, -0.2) is 63.1 Å². The molecule has 0 saturated heterocycles. The molecule has 46 heavy (non-hydrogen) atoms. The largest absolute Gasteiger partial charge is 0.458 e. The highest BCUT2D eigenvalue weighted by atomic mass is 16.6. The summed E-state index contributed by atoms with van der Waals surface area (Å²) in [7, 11) is 0. The van der Waals surface area contributed by atoms with Crippen LogP contribution in [0, 0.1) is 28.6 Å². The SMILES string of the molecule is CCCCCCCCCCCC(=O)O[C@@]12C[C@@H](C)[C@]34C=C(C)[C@H](OC(=O)CCCCC)[C@@]3(O)[C@H](O)C(CO)=C[C@H](C4=O)[C@@H]1C2(C)C. The topological polar surface area (TPSA) is 130 Å². The van der Waals surface area contributed by atoms with Crippen molar-refractivity contribution >= 4 is 17.7 Å². The summed E-state index contributed by atoms with van der Waals surface area (Å²) in [6.45, 7) is 11.3. The number of hydrogen-bond donors (Lipinski definition) is 3. The van der Waals surface area contributed by atoms with Crippen molar-refractivity contribution in [2.24, 2.45) is 28.6 Å². The maximum absolute atomic E-state index is 14.8. The zero-order valence-electron chi connectivity index (χ0n) is 29.2. The predicted molar refractivity (Wildman–Crippen MR) is 177 cm³/mol. The molecule has 1 spiro atoms. The highest BCUT2D eigenvalue weighted by Crippen LogP contribution is 2.75. The number of aliphatic hydroxyl groups is 3. The number of allylic oxidation sites excluding steroid dienone is 1. The van der Waals surface area contributed by atoms with E-state index in [4.69, 9.17) is 9.47 Å². The summed E-state index contributed by atoms with van der Waals surface area (Å²) in [6, 6.07) is 0. The van der Waals surface area contributed by atoms with Crippen LogP contribution in [0.2, 0.25) is 0 Å². The Kier molecular flexibility index (Phi) is 11.7. The molecule has 0 aromatic rings. The predicted octanol–water partition coefficient (Wildman–Crippen LogP) is 6.53. The summed E-state index contributed by atoms with van der Waals surface area (Å²) < 4.78 is 12.3. The number of fused-ring (bicyclic) bond motifs is 3. The summed E-state index contributed by atoms with van der Waals surface area (Å²) in [6.07, 6.45) is 13.9. The smallest absolute Gasteiger partial charge is 0.306 e. The molecule has 4 rings (SSSR count). The number of rotatable bonds is 17. The second-order valence-electron chi connectivity index (χ2n) is 15.3. The summed E-state index contributed by atoms with van der Waals surface area (Å²) in [5.74, 6) is -2.83. The lowest BCUT2D eigenvalue weighted by molar-refractivity contribution is -0.204. The minimum absolute atomic E-state index is 0.115. The van der Waals surface area contributed by atoms with Gasteiger partial charge >= 0.3 is 11.9 Å². The Morgan fingerprint density at radius 1 is 0.913 bits per heavy atom. The third-order valence-electron chi connectivity index (χ3n) is 12.0. The first kappa shape index (κ1) is 36.8. The van der Waals surface area contributed by atoms with Gasteiger partial charge in [0.2, 0.25) is 0 Å². The fourth-order valence-corrected chi connectivity index (χ4v) is 9.44. The van der Waals surface area contributed by atoms with Gasteiger partial charge in [-0.1, -0.05) is 111 Å². The number of carbonyl (C=O) groups is 3. The molecule has 0 radical (unpaired) electrons. The minimum Gasteiger partial charge on any atom is -0.458 e. The Morgan fingerprint density at radius 2 is 1.46 bits per heavy atom. The molecule has 0 unspecified atom stereocenters. The van der Waals surface area contributed by atoms with Gasteiger partial charge in [-0.25, -0.2) is 0 Å². The maximum Gasteiger partial charge on any atom is 0.306 e. The van der Waals surface area contributed by atoms with Gasteiger partial charge in [0, 0.05) is 30.1 Å². The van der Waals surface area contributed by atoms with E-state index in [-0.39, 0.29) is 29.7 Å². The third kappa shape index (κ3) is 6.16. The average molecular weight is 645 g/mol. The first-order valence-electron chi connectivity index (χ1n) is 18.2. The molecule has 0 heterocycles. The zero-order chi connectivity index (χ0) is 33.9. The monoisotopic (exact) mass is 644 g/mol. The fourth-order valence-electron chi connectivity index (χ4n) is 9.44. The van der Waals surface area contributed by atoms with Crippen molar-refractivity contribution in [2.45, 2.75) is 161 Å². The van der Waals surface area contributed by atoms with Crippen molar-refractivity contribution in [3.05, 3.63) is 23.3 Å². The van der Waals surface area contributed by atoms with E-state index in [1.807, 2.05) is 27.7 Å². The van der Waals surface area contributed by atoms with E-state index < -0.39 is 58.7 Å². The fraction of sp³-hybridized carbons (Fsp3) is 0.816. The number of esters is 2. The molecule has 8 nitrogen and oxygen atoms in total. The third-order valence-corrected chi connectivity index (χ3v) is 12.0. The highest BCUT2D eigenvalue weighted by Gasteiger charge is 2.83.